The van der Waals surface area contributed by atoms with Crippen LogP contribution < -0.4 is 11.3 Å². The topological polar surface area (TPSA) is 50.9 Å². The minimum Gasteiger partial charge on any atom is -0.271 e. The molecule has 0 radical (unpaired) electrons. The Balaban J connectivity index is 2.04. The van der Waals surface area contributed by atoms with Gasteiger partial charge in [-0.1, -0.05) is 19.1 Å². The van der Waals surface area contributed by atoms with Gasteiger partial charge < -0.3 is 0 Å². The molecule has 3 heteroatoms. The van der Waals surface area contributed by atoms with E-state index in [0.717, 1.165) is 5.52 Å². The van der Waals surface area contributed by atoms with Gasteiger partial charge in [0.05, 0.1) is 11.6 Å². The van der Waals surface area contributed by atoms with Gasteiger partial charge in [-0.05, 0) is 42.0 Å². The van der Waals surface area contributed by atoms with Crippen molar-refractivity contribution in [1.82, 2.24) is 10.4 Å². The molecule has 88 valence electrons. The molecule has 1 aliphatic rings. The number of hydrazine groups is 1. The molecule has 1 atom stereocenters. The van der Waals surface area contributed by atoms with Gasteiger partial charge in [0, 0.05) is 11.6 Å². The van der Waals surface area contributed by atoms with Crippen LogP contribution >= 0.6 is 0 Å². The first kappa shape index (κ1) is 10.7. The second kappa shape index (κ2) is 3.79. The standard InChI is InChI=1S/C14H17N3/c1-14(6-7-14)13(17-15)11-4-5-12-10(9-11)3-2-8-16-12/h2-5,8-9,13,17H,6-7,15H2,1H3. The Labute approximate surface area is 101 Å². The SMILES string of the molecule is CC1(C(NN)c2ccc3ncccc3c2)CC1. The molecule has 1 saturated carbocycles. The minimum absolute atomic E-state index is 0.243. The first-order valence-corrected chi connectivity index (χ1v) is 6.04. The predicted octanol–water partition coefficient (Wildman–Crippen LogP) is 2.54. The summed E-state index contributed by atoms with van der Waals surface area (Å²) in [4.78, 5) is 4.33. The number of nitrogens with zero attached hydrogens (tertiary/aromatic N) is 1. The fourth-order valence-electron chi connectivity index (χ4n) is 2.46. The summed E-state index contributed by atoms with van der Waals surface area (Å²) in [6.07, 6.45) is 4.31. The second-order valence-corrected chi connectivity index (χ2v) is 5.21. The number of aromatic nitrogens is 1. The normalized spacial score (nSPS) is 19.2. The van der Waals surface area contributed by atoms with E-state index in [-0.39, 0.29) is 6.04 Å². The van der Waals surface area contributed by atoms with Crippen molar-refractivity contribution in [2.45, 2.75) is 25.8 Å². The molecular formula is C14H17N3. The highest BCUT2D eigenvalue weighted by Crippen LogP contribution is 2.54. The summed E-state index contributed by atoms with van der Waals surface area (Å²) in [5, 5.41) is 1.18. The Morgan fingerprint density at radius 2 is 2.18 bits per heavy atom. The molecule has 1 fully saturated rings. The van der Waals surface area contributed by atoms with Crippen molar-refractivity contribution in [2.24, 2.45) is 11.3 Å². The van der Waals surface area contributed by atoms with Gasteiger partial charge in [-0.2, -0.15) is 0 Å². The van der Waals surface area contributed by atoms with E-state index in [9.17, 15) is 0 Å². The average Bonchev–Trinajstić information content (AvgIpc) is 3.09. The van der Waals surface area contributed by atoms with E-state index in [1.54, 1.807) is 0 Å². The molecule has 0 amide bonds. The molecule has 0 bridgehead atoms. The fraction of sp³-hybridized carbons (Fsp3) is 0.357. The molecule has 3 rings (SSSR count). The highest BCUT2D eigenvalue weighted by molar-refractivity contribution is 5.79. The van der Waals surface area contributed by atoms with Gasteiger partial charge in [0.1, 0.15) is 0 Å². The summed E-state index contributed by atoms with van der Waals surface area (Å²) < 4.78 is 0. The first-order chi connectivity index (χ1) is 8.23. The number of benzene rings is 1. The zero-order valence-corrected chi connectivity index (χ0v) is 9.98. The van der Waals surface area contributed by atoms with Crippen molar-refractivity contribution in [3.05, 3.63) is 42.1 Å². The Kier molecular flexibility index (Phi) is 2.38. The van der Waals surface area contributed by atoms with E-state index in [0.29, 0.717) is 5.41 Å². The molecule has 3 N–H and O–H groups in total. The number of nitrogens with one attached hydrogen (secondary N) is 1. The van der Waals surface area contributed by atoms with Crippen LogP contribution in [-0.4, -0.2) is 4.98 Å². The number of pyridine rings is 1. The van der Waals surface area contributed by atoms with Gasteiger partial charge >= 0.3 is 0 Å². The number of rotatable bonds is 3. The third-order valence-electron chi connectivity index (χ3n) is 3.86. The monoisotopic (exact) mass is 227 g/mol. The molecule has 1 aromatic carbocycles. The highest BCUT2D eigenvalue weighted by atomic mass is 15.2. The number of nitrogens with two attached hydrogens (primary N) is 1. The maximum Gasteiger partial charge on any atom is 0.0702 e. The minimum atomic E-state index is 0.243. The highest BCUT2D eigenvalue weighted by Gasteiger charge is 2.45. The lowest BCUT2D eigenvalue weighted by molar-refractivity contribution is 0.372. The zero-order valence-electron chi connectivity index (χ0n) is 9.98. The molecule has 0 spiro atoms. The molecule has 17 heavy (non-hydrogen) atoms. The van der Waals surface area contributed by atoms with Gasteiger partial charge in [-0.25, -0.2) is 0 Å². The van der Waals surface area contributed by atoms with Crippen molar-refractivity contribution < 1.29 is 0 Å². The van der Waals surface area contributed by atoms with E-state index in [1.165, 1.54) is 23.8 Å². The van der Waals surface area contributed by atoms with E-state index in [4.69, 9.17) is 5.84 Å². The largest absolute Gasteiger partial charge is 0.271 e. The molecule has 2 aromatic rings. The molecule has 3 nitrogen and oxygen atoms in total. The first-order valence-electron chi connectivity index (χ1n) is 6.04. The molecule has 1 unspecified atom stereocenters. The van der Waals surface area contributed by atoms with Crippen molar-refractivity contribution in [1.29, 1.82) is 0 Å². The third kappa shape index (κ3) is 1.81. The van der Waals surface area contributed by atoms with Crippen molar-refractivity contribution >= 4 is 10.9 Å². The van der Waals surface area contributed by atoms with E-state index in [1.807, 2.05) is 12.3 Å². The summed E-state index contributed by atoms with van der Waals surface area (Å²) in [6, 6.07) is 10.7. The van der Waals surface area contributed by atoms with Gasteiger partial charge in [0.25, 0.3) is 0 Å². The summed E-state index contributed by atoms with van der Waals surface area (Å²) >= 11 is 0. The molecule has 1 aliphatic carbocycles. The number of hydrogen-bond acceptors (Lipinski definition) is 3. The van der Waals surface area contributed by atoms with Crippen molar-refractivity contribution in [2.75, 3.05) is 0 Å². The molecule has 0 saturated heterocycles. The molecule has 1 heterocycles. The molecular weight excluding hydrogens is 210 g/mol. The van der Waals surface area contributed by atoms with Crippen molar-refractivity contribution in [3.8, 4) is 0 Å². The van der Waals surface area contributed by atoms with Gasteiger partial charge in [0.15, 0.2) is 0 Å². The van der Waals surface area contributed by atoms with E-state index in [2.05, 4.69) is 41.6 Å². The van der Waals surface area contributed by atoms with Crippen LogP contribution in [0.15, 0.2) is 36.5 Å². The van der Waals surface area contributed by atoms with Crippen LogP contribution in [-0.2, 0) is 0 Å². The Morgan fingerprint density at radius 3 is 2.88 bits per heavy atom. The second-order valence-electron chi connectivity index (χ2n) is 5.21. The Bertz CT molecular complexity index is 546. The van der Waals surface area contributed by atoms with E-state index >= 15 is 0 Å². The van der Waals surface area contributed by atoms with Crippen LogP contribution in [0, 0.1) is 5.41 Å². The molecule has 0 aliphatic heterocycles. The molecule has 1 aromatic heterocycles. The fourth-order valence-corrected chi connectivity index (χ4v) is 2.46. The zero-order chi connectivity index (χ0) is 11.9. The Hall–Kier alpha value is -1.45. The summed E-state index contributed by atoms with van der Waals surface area (Å²) in [5.74, 6) is 5.71. The lowest BCUT2D eigenvalue weighted by atomic mass is 9.91. The maximum absolute atomic E-state index is 5.71. The summed E-state index contributed by atoms with van der Waals surface area (Å²) in [6.45, 7) is 2.28. The Morgan fingerprint density at radius 1 is 1.35 bits per heavy atom. The third-order valence-corrected chi connectivity index (χ3v) is 3.86. The van der Waals surface area contributed by atoms with Crippen LogP contribution in [0.3, 0.4) is 0 Å². The van der Waals surface area contributed by atoms with Gasteiger partial charge in [-0.15, -0.1) is 0 Å². The van der Waals surface area contributed by atoms with Crippen molar-refractivity contribution in [3.63, 3.8) is 0 Å². The lowest BCUT2D eigenvalue weighted by Crippen LogP contribution is -2.33. The van der Waals surface area contributed by atoms with Crippen LogP contribution in [0.1, 0.15) is 31.4 Å². The number of fused-ring (bicyclic) bond motifs is 1. The lowest BCUT2D eigenvalue weighted by Gasteiger charge is -2.23. The van der Waals surface area contributed by atoms with Crippen LogP contribution in [0.2, 0.25) is 0 Å². The smallest absolute Gasteiger partial charge is 0.0702 e. The van der Waals surface area contributed by atoms with Crippen LogP contribution in [0.25, 0.3) is 10.9 Å². The van der Waals surface area contributed by atoms with Crippen LogP contribution in [0.5, 0.6) is 0 Å². The summed E-state index contributed by atoms with van der Waals surface area (Å²) in [5.41, 5.74) is 5.58. The maximum atomic E-state index is 5.71. The van der Waals surface area contributed by atoms with Gasteiger partial charge in [0.2, 0.25) is 0 Å². The van der Waals surface area contributed by atoms with Crippen LogP contribution in [0.4, 0.5) is 0 Å². The quantitative estimate of drug-likeness (QED) is 0.626. The predicted molar refractivity (Wildman–Crippen MR) is 69.1 cm³/mol. The average molecular weight is 227 g/mol. The number of hydrogen-bond donors (Lipinski definition) is 2. The van der Waals surface area contributed by atoms with E-state index < -0.39 is 0 Å². The summed E-state index contributed by atoms with van der Waals surface area (Å²) in [7, 11) is 0. The van der Waals surface area contributed by atoms with Gasteiger partial charge in [-0.3, -0.25) is 16.3 Å².